The molecule has 0 amide bonds. The summed E-state index contributed by atoms with van der Waals surface area (Å²) in [5.74, 6) is 0. The predicted molar refractivity (Wildman–Crippen MR) is 67.4 cm³/mol. The Morgan fingerprint density at radius 2 is 1.07 bits per heavy atom. The van der Waals surface area contributed by atoms with Gasteiger partial charge in [-0.15, -0.1) is 0 Å². The Labute approximate surface area is 111 Å². The maximum atomic E-state index is 5.84. The lowest BCUT2D eigenvalue weighted by molar-refractivity contribution is 1.61. The molecule has 1 aromatic carbocycles. The minimum atomic E-state index is 0.0143. The smallest absolute Gasteiger partial charge is 0.107 e. The molecule has 0 heterocycles. The molecular weight excluding hydrogens is 307 g/mol. The third kappa shape index (κ3) is 2.06. The van der Waals surface area contributed by atoms with Crippen molar-refractivity contribution < 1.29 is 0 Å². The summed E-state index contributed by atoms with van der Waals surface area (Å²) < 4.78 is 0. The van der Waals surface area contributed by atoms with E-state index in [9.17, 15) is 0 Å². The zero-order chi connectivity index (χ0) is 11.0. The van der Waals surface area contributed by atoms with Gasteiger partial charge in [0.05, 0.1) is 25.1 Å². The topological polar surface area (TPSA) is 26.0 Å². The summed E-state index contributed by atoms with van der Waals surface area (Å²) in [5.41, 5.74) is 5.64. The van der Waals surface area contributed by atoms with Gasteiger partial charge in [-0.1, -0.05) is 70.2 Å². The molecule has 14 heavy (non-hydrogen) atoms. The molecule has 1 rings (SSSR count). The molecule has 0 aliphatic rings. The summed E-state index contributed by atoms with van der Waals surface area (Å²) in [5, 5.41) is 0.483. The summed E-state index contributed by atoms with van der Waals surface area (Å²) >= 11 is 33.7. The van der Waals surface area contributed by atoms with Crippen molar-refractivity contribution in [3.8, 4) is 0 Å². The van der Waals surface area contributed by atoms with Crippen LogP contribution < -0.4 is 5.73 Å². The monoisotopic (exact) mass is 307 g/mol. The van der Waals surface area contributed by atoms with Crippen LogP contribution in [0.4, 0.5) is 0 Å². The Kier molecular flexibility index (Phi) is 4.15. The highest BCUT2D eigenvalue weighted by Crippen LogP contribution is 2.43. The molecule has 0 saturated carbocycles. The van der Waals surface area contributed by atoms with Crippen LogP contribution in [0.1, 0.15) is 5.56 Å². The summed E-state index contributed by atoms with van der Waals surface area (Å²) in [6.45, 7) is 0. The normalized spacial score (nSPS) is 10.4. The van der Waals surface area contributed by atoms with E-state index < -0.39 is 0 Å². The molecule has 76 valence electrons. The summed E-state index contributed by atoms with van der Waals surface area (Å²) in [4.78, 5) is 0.0143. The number of benzene rings is 1. The van der Waals surface area contributed by atoms with E-state index in [2.05, 4.69) is 0 Å². The minimum absolute atomic E-state index is 0.0143. The van der Waals surface area contributed by atoms with Crippen molar-refractivity contribution in [2.45, 2.75) is 0 Å². The Morgan fingerprint density at radius 3 is 1.36 bits per heavy atom. The van der Waals surface area contributed by atoms with Crippen LogP contribution in [0.3, 0.4) is 0 Å². The molecule has 2 N–H and O–H groups in total. The van der Waals surface area contributed by atoms with Crippen LogP contribution in [-0.4, -0.2) is 4.99 Å². The predicted octanol–water partition coefficient (Wildman–Crippen LogP) is 4.59. The van der Waals surface area contributed by atoms with E-state index in [4.69, 9.17) is 76.0 Å². The van der Waals surface area contributed by atoms with Crippen LogP contribution in [0, 0.1) is 0 Å². The summed E-state index contributed by atoms with van der Waals surface area (Å²) in [7, 11) is 0. The van der Waals surface area contributed by atoms with Gasteiger partial charge in [-0.2, -0.15) is 0 Å². The second-order valence-electron chi connectivity index (χ2n) is 2.31. The maximum Gasteiger partial charge on any atom is 0.107 e. The van der Waals surface area contributed by atoms with Gasteiger partial charge in [0.1, 0.15) is 4.99 Å². The summed E-state index contributed by atoms with van der Waals surface area (Å²) in [6, 6.07) is 0. The molecule has 0 unspecified atom stereocenters. The molecule has 7 heteroatoms. The van der Waals surface area contributed by atoms with E-state index in [-0.39, 0.29) is 35.7 Å². The zero-order valence-corrected chi connectivity index (χ0v) is 11.0. The lowest BCUT2D eigenvalue weighted by Crippen LogP contribution is -2.11. The van der Waals surface area contributed by atoms with Crippen LogP contribution in [-0.2, 0) is 0 Å². The first kappa shape index (κ1) is 12.6. The first-order valence-electron chi connectivity index (χ1n) is 3.19. The first-order chi connectivity index (χ1) is 6.37. The molecule has 0 aliphatic carbocycles. The number of thiocarbonyl (C=S) groups is 1. The Balaban J connectivity index is 3.68. The van der Waals surface area contributed by atoms with Gasteiger partial charge in [0.25, 0.3) is 0 Å². The fourth-order valence-corrected chi connectivity index (χ4v) is 2.48. The van der Waals surface area contributed by atoms with E-state index in [0.717, 1.165) is 0 Å². The Morgan fingerprint density at radius 1 is 0.786 bits per heavy atom. The second-order valence-corrected chi connectivity index (χ2v) is 4.64. The van der Waals surface area contributed by atoms with Crippen LogP contribution in [0.5, 0.6) is 0 Å². The number of halogens is 5. The van der Waals surface area contributed by atoms with E-state index >= 15 is 0 Å². The highest BCUT2D eigenvalue weighted by Gasteiger charge is 2.20. The fourth-order valence-electron chi connectivity index (χ4n) is 0.821. The van der Waals surface area contributed by atoms with Gasteiger partial charge in [-0.3, -0.25) is 0 Å². The van der Waals surface area contributed by atoms with Gasteiger partial charge in [0.15, 0.2) is 0 Å². The molecule has 0 aromatic heterocycles. The van der Waals surface area contributed by atoms with Crippen molar-refractivity contribution in [3.63, 3.8) is 0 Å². The van der Waals surface area contributed by atoms with Gasteiger partial charge in [0.2, 0.25) is 0 Å². The molecule has 0 fully saturated rings. The number of hydrogen-bond donors (Lipinski definition) is 1. The molecule has 1 nitrogen and oxygen atoms in total. The van der Waals surface area contributed by atoms with Crippen molar-refractivity contribution in [2.24, 2.45) is 5.73 Å². The van der Waals surface area contributed by atoms with E-state index in [1.807, 2.05) is 0 Å². The third-order valence-corrected chi connectivity index (χ3v) is 3.94. The Hall–Kier alpha value is 0.560. The van der Waals surface area contributed by atoms with E-state index in [1.165, 1.54) is 0 Å². The average molecular weight is 309 g/mol. The maximum absolute atomic E-state index is 5.84. The van der Waals surface area contributed by atoms with Gasteiger partial charge in [-0.25, -0.2) is 0 Å². The zero-order valence-electron chi connectivity index (χ0n) is 6.38. The highest BCUT2D eigenvalue weighted by atomic mass is 35.5. The summed E-state index contributed by atoms with van der Waals surface area (Å²) in [6.07, 6.45) is 0. The van der Waals surface area contributed by atoms with E-state index in [1.54, 1.807) is 0 Å². The van der Waals surface area contributed by atoms with Crippen molar-refractivity contribution in [3.05, 3.63) is 30.7 Å². The largest absolute Gasteiger partial charge is 0.389 e. The van der Waals surface area contributed by atoms with Crippen LogP contribution >= 0.6 is 70.2 Å². The third-order valence-electron chi connectivity index (χ3n) is 1.46. The van der Waals surface area contributed by atoms with Crippen LogP contribution in [0.2, 0.25) is 25.1 Å². The second kappa shape index (κ2) is 4.60. The van der Waals surface area contributed by atoms with Crippen LogP contribution in [0.25, 0.3) is 0 Å². The SMILES string of the molecule is NC(=S)c1c(Cl)c(Cl)c(Cl)c(Cl)c1Cl. The minimum Gasteiger partial charge on any atom is -0.389 e. The van der Waals surface area contributed by atoms with Crippen molar-refractivity contribution in [1.29, 1.82) is 0 Å². The lowest BCUT2D eigenvalue weighted by Gasteiger charge is -2.10. The lowest BCUT2D eigenvalue weighted by atomic mass is 10.2. The first-order valence-corrected chi connectivity index (χ1v) is 5.49. The molecule has 1 aromatic rings. The quantitative estimate of drug-likeness (QED) is 0.466. The standard InChI is InChI=1S/C7H2Cl5NS/c8-2-1(7(13)14)3(9)5(11)6(12)4(2)10/h(H2,13,14). The molecule has 0 saturated heterocycles. The van der Waals surface area contributed by atoms with E-state index in [0.29, 0.717) is 0 Å². The van der Waals surface area contributed by atoms with Gasteiger partial charge in [0, 0.05) is 5.56 Å². The van der Waals surface area contributed by atoms with Gasteiger partial charge in [-0.05, 0) is 0 Å². The highest BCUT2D eigenvalue weighted by molar-refractivity contribution is 7.80. The molecule has 0 aliphatic heterocycles. The molecular formula is C7H2Cl5NS. The van der Waals surface area contributed by atoms with Crippen molar-refractivity contribution in [1.82, 2.24) is 0 Å². The van der Waals surface area contributed by atoms with Gasteiger partial charge < -0.3 is 5.73 Å². The Bertz CT molecular complexity index is 388. The van der Waals surface area contributed by atoms with Crippen molar-refractivity contribution >= 4 is 75.2 Å². The fraction of sp³-hybridized carbons (Fsp3) is 0. The number of rotatable bonds is 1. The molecule has 0 spiro atoms. The molecule has 0 atom stereocenters. The van der Waals surface area contributed by atoms with Crippen molar-refractivity contribution in [2.75, 3.05) is 0 Å². The number of hydrogen-bond acceptors (Lipinski definition) is 1. The molecule has 0 bridgehead atoms. The average Bonchev–Trinajstić information content (AvgIpc) is 2.11. The molecule has 0 radical (unpaired) electrons. The van der Waals surface area contributed by atoms with Gasteiger partial charge >= 0.3 is 0 Å². The van der Waals surface area contributed by atoms with Crippen LogP contribution in [0.15, 0.2) is 0 Å². The number of nitrogens with two attached hydrogens (primary N) is 1.